The van der Waals surface area contributed by atoms with E-state index in [4.69, 9.17) is 0 Å². The second-order valence-electron chi connectivity index (χ2n) is 6.90. The quantitative estimate of drug-likeness (QED) is 0.645. The van der Waals surface area contributed by atoms with Gasteiger partial charge in [-0.1, -0.05) is 12.1 Å². The molecule has 1 fully saturated rings. The Morgan fingerprint density at radius 3 is 2.61 bits per heavy atom. The number of carbonyl (C=O) groups is 2. The summed E-state index contributed by atoms with van der Waals surface area (Å²) in [6.07, 6.45) is 2.11. The van der Waals surface area contributed by atoms with Gasteiger partial charge in [-0.2, -0.15) is 0 Å². The Morgan fingerprint density at radius 1 is 1.07 bits per heavy atom. The second kappa shape index (κ2) is 7.72. The molecule has 0 unspecified atom stereocenters. The number of nitrogens with zero attached hydrogens (tertiary/aromatic N) is 2. The average molecular weight is 378 g/mol. The molecule has 0 aliphatic carbocycles. The summed E-state index contributed by atoms with van der Waals surface area (Å²) in [6, 6.07) is 14.6. The van der Waals surface area contributed by atoms with E-state index in [1.165, 1.54) is 0 Å². The number of carbonyl (C=O) groups excluding carboxylic acids is 2. The largest absolute Gasteiger partial charge is 0.352 e. The van der Waals surface area contributed by atoms with E-state index in [-0.39, 0.29) is 17.5 Å². The average Bonchev–Trinajstić information content (AvgIpc) is 3.28. The lowest BCUT2D eigenvalue weighted by Gasteiger charge is -2.15. The number of rotatable bonds is 6. The molecule has 2 heterocycles. The zero-order valence-corrected chi connectivity index (χ0v) is 15.5. The first-order valence-electron chi connectivity index (χ1n) is 9.50. The molecule has 2 aromatic carbocycles. The Bertz CT molecular complexity index is 1070. The summed E-state index contributed by atoms with van der Waals surface area (Å²) in [5.41, 5.74) is 2.93. The molecule has 2 N–H and O–H groups in total. The first-order chi connectivity index (χ1) is 13.6. The van der Waals surface area contributed by atoms with Gasteiger partial charge in [0.1, 0.15) is 0 Å². The van der Waals surface area contributed by atoms with E-state index in [2.05, 4.69) is 10.3 Å². The third-order valence-corrected chi connectivity index (χ3v) is 5.04. The van der Waals surface area contributed by atoms with E-state index in [9.17, 15) is 14.4 Å². The van der Waals surface area contributed by atoms with Crippen molar-refractivity contribution in [2.45, 2.75) is 25.8 Å². The molecule has 1 aliphatic rings. The molecule has 144 valence electrons. The van der Waals surface area contributed by atoms with E-state index in [1.807, 2.05) is 36.4 Å². The van der Waals surface area contributed by atoms with Gasteiger partial charge in [-0.25, -0.2) is 4.79 Å². The molecule has 3 aromatic rings. The molecule has 0 spiro atoms. The maximum Gasteiger partial charge on any atom is 0.326 e. The highest BCUT2D eigenvalue weighted by atomic mass is 16.2. The van der Waals surface area contributed by atoms with E-state index in [0.29, 0.717) is 31.5 Å². The molecule has 7 nitrogen and oxygen atoms in total. The van der Waals surface area contributed by atoms with Crippen molar-refractivity contribution >= 4 is 28.5 Å². The third-order valence-electron chi connectivity index (χ3n) is 5.04. The van der Waals surface area contributed by atoms with Crippen LogP contribution in [0.1, 0.15) is 29.6 Å². The van der Waals surface area contributed by atoms with Gasteiger partial charge in [0, 0.05) is 37.3 Å². The van der Waals surface area contributed by atoms with Crippen LogP contribution < -0.4 is 15.9 Å². The van der Waals surface area contributed by atoms with Gasteiger partial charge in [-0.3, -0.25) is 14.2 Å². The van der Waals surface area contributed by atoms with Gasteiger partial charge >= 0.3 is 5.69 Å². The number of amides is 2. The summed E-state index contributed by atoms with van der Waals surface area (Å²) in [7, 11) is 0. The van der Waals surface area contributed by atoms with Gasteiger partial charge in [-0.15, -0.1) is 0 Å². The molecular formula is C21H22N4O3. The molecule has 1 saturated heterocycles. The minimum atomic E-state index is -0.162. The lowest BCUT2D eigenvalue weighted by molar-refractivity contribution is -0.117. The van der Waals surface area contributed by atoms with Crippen molar-refractivity contribution in [1.29, 1.82) is 0 Å². The van der Waals surface area contributed by atoms with Crippen LogP contribution in [-0.2, 0) is 11.3 Å². The number of anilines is 1. The predicted octanol–water partition coefficient (Wildman–Crippen LogP) is 2.28. The van der Waals surface area contributed by atoms with Crippen molar-refractivity contribution in [3.05, 3.63) is 64.6 Å². The smallest absolute Gasteiger partial charge is 0.326 e. The molecule has 7 heteroatoms. The van der Waals surface area contributed by atoms with Crippen LogP contribution in [0.15, 0.2) is 53.3 Å². The number of aryl methyl sites for hydroxylation is 1. The number of hydrogen-bond donors (Lipinski definition) is 2. The van der Waals surface area contributed by atoms with E-state index in [1.54, 1.807) is 21.6 Å². The molecule has 0 radical (unpaired) electrons. The third kappa shape index (κ3) is 3.55. The van der Waals surface area contributed by atoms with E-state index >= 15 is 0 Å². The van der Waals surface area contributed by atoms with Crippen LogP contribution in [0, 0.1) is 0 Å². The van der Waals surface area contributed by atoms with Crippen molar-refractivity contribution in [2.24, 2.45) is 0 Å². The first-order valence-corrected chi connectivity index (χ1v) is 9.50. The Morgan fingerprint density at radius 2 is 1.86 bits per heavy atom. The van der Waals surface area contributed by atoms with Gasteiger partial charge in [0.25, 0.3) is 5.91 Å². The van der Waals surface area contributed by atoms with Gasteiger partial charge in [0.2, 0.25) is 5.91 Å². The Labute approximate surface area is 162 Å². The van der Waals surface area contributed by atoms with Gasteiger partial charge in [0.15, 0.2) is 0 Å². The zero-order chi connectivity index (χ0) is 19.5. The molecule has 0 atom stereocenters. The van der Waals surface area contributed by atoms with Gasteiger partial charge in [0.05, 0.1) is 11.0 Å². The molecular weight excluding hydrogens is 356 g/mol. The number of nitrogens with one attached hydrogen (secondary N) is 2. The second-order valence-corrected chi connectivity index (χ2v) is 6.90. The van der Waals surface area contributed by atoms with Crippen LogP contribution in [0.4, 0.5) is 5.69 Å². The van der Waals surface area contributed by atoms with Crippen molar-refractivity contribution in [3.63, 3.8) is 0 Å². The lowest BCUT2D eigenvalue weighted by Crippen LogP contribution is -2.27. The standard InChI is InChI=1S/C21H22N4O3/c26-19-7-3-13-24(19)16-10-8-15(9-11-16)20(27)22-12-4-14-25-18-6-2-1-5-17(18)23-21(25)28/h1-2,5-6,8-11H,3-4,7,12-14H2,(H,22,27)(H,23,28). The molecule has 1 aromatic heterocycles. The number of imidazole rings is 1. The van der Waals surface area contributed by atoms with Crippen molar-refractivity contribution in [1.82, 2.24) is 14.9 Å². The highest BCUT2D eigenvalue weighted by Gasteiger charge is 2.21. The highest BCUT2D eigenvalue weighted by molar-refractivity contribution is 5.97. The number of H-pyrrole nitrogens is 1. The molecule has 0 saturated carbocycles. The number of aromatic amines is 1. The SMILES string of the molecule is O=C(NCCCn1c(=O)[nH]c2ccccc21)c1ccc(N2CCCC2=O)cc1. The number of benzene rings is 2. The molecule has 0 bridgehead atoms. The Hall–Kier alpha value is -3.35. The fourth-order valence-corrected chi connectivity index (χ4v) is 3.58. The Balaban J connectivity index is 1.31. The van der Waals surface area contributed by atoms with Crippen molar-refractivity contribution < 1.29 is 9.59 Å². The molecule has 1 aliphatic heterocycles. The van der Waals surface area contributed by atoms with Crippen LogP contribution in [0.3, 0.4) is 0 Å². The van der Waals surface area contributed by atoms with Crippen LogP contribution in [0.25, 0.3) is 11.0 Å². The lowest BCUT2D eigenvalue weighted by atomic mass is 10.2. The summed E-state index contributed by atoms with van der Waals surface area (Å²) < 4.78 is 1.68. The van der Waals surface area contributed by atoms with Crippen LogP contribution in [0.5, 0.6) is 0 Å². The van der Waals surface area contributed by atoms with Gasteiger partial charge < -0.3 is 15.2 Å². The molecule has 28 heavy (non-hydrogen) atoms. The fraction of sp³-hybridized carbons (Fsp3) is 0.286. The van der Waals surface area contributed by atoms with Crippen molar-refractivity contribution in [2.75, 3.05) is 18.0 Å². The van der Waals surface area contributed by atoms with Crippen LogP contribution in [-0.4, -0.2) is 34.5 Å². The predicted molar refractivity (Wildman–Crippen MR) is 108 cm³/mol. The maximum atomic E-state index is 12.3. The van der Waals surface area contributed by atoms with Crippen LogP contribution in [0.2, 0.25) is 0 Å². The number of fused-ring (bicyclic) bond motifs is 1. The topological polar surface area (TPSA) is 87.2 Å². The summed E-state index contributed by atoms with van der Waals surface area (Å²) in [5.74, 6) is -0.0321. The van der Waals surface area contributed by atoms with Gasteiger partial charge in [-0.05, 0) is 49.2 Å². The van der Waals surface area contributed by atoms with E-state index in [0.717, 1.165) is 29.7 Å². The normalized spacial score (nSPS) is 14.0. The molecule has 4 rings (SSSR count). The maximum absolute atomic E-state index is 12.3. The molecule has 2 amide bonds. The summed E-state index contributed by atoms with van der Waals surface area (Å²) >= 11 is 0. The minimum absolute atomic E-state index is 0.129. The summed E-state index contributed by atoms with van der Waals surface area (Å²) in [5, 5.41) is 2.88. The summed E-state index contributed by atoms with van der Waals surface area (Å²) in [4.78, 5) is 40.7. The number of hydrogen-bond acceptors (Lipinski definition) is 3. The van der Waals surface area contributed by atoms with E-state index < -0.39 is 0 Å². The van der Waals surface area contributed by atoms with Crippen LogP contribution >= 0.6 is 0 Å². The number of para-hydroxylation sites is 2. The Kier molecular flexibility index (Phi) is 4.97. The fourth-order valence-electron chi connectivity index (χ4n) is 3.58. The summed E-state index contributed by atoms with van der Waals surface area (Å²) in [6.45, 7) is 1.73. The zero-order valence-electron chi connectivity index (χ0n) is 15.5. The number of aromatic nitrogens is 2. The monoisotopic (exact) mass is 378 g/mol. The first kappa shape index (κ1) is 18.0. The highest BCUT2D eigenvalue weighted by Crippen LogP contribution is 2.21. The van der Waals surface area contributed by atoms with Crippen molar-refractivity contribution in [3.8, 4) is 0 Å². The minimum Gasteiger partial charge on any atom is -0.352 e.